The largest absolute Gasteiger partial charge is 0.393 e. The van der Waals surface area contributed by atoms with Crippen LogP contribution in [0.5, 0.6) is 0 Å². The van der Waals surface area contributed by atoms with Crippen LogP contribution in [0.3, 0.4) is 0 Å². The fourth-order valence-electron chi connectivity index (χ4n) is 3.40. The van der Waals surface area contributed by atoms with E-state index in [1.165, 1.54) is 18.5 Å². The first-order chi connectivity index (χ1) is 13.6. The Labute approximate surface area is 165 Å². The van der Waals surface area contributed by atoms with Gasteiger partial charge in [-0.05, 0) is 18.4 Å². The number of hydrogen-bond acceptors (Lipinski definition) is 4. The molecule has 11 heteroatoms. The molecule has 0 bridgehead atoms. The summed E-state index contributed by atoms with van der Waals surface area (Å²) in [5.74, 6) is -1.66. The van der Waals surface area contributed by atoms with Crippen molar-refractivity contribution in [2.24, 2.45) is 11.8 Å². The normalized spacial score (nSPS) is 19.7. The number of amides is 2. The molecule has 8 nitrogen and oxygen atoms in total. The van der Waals surface area contributed by atoms with Gasteiger partial charge in [-0.3, -0.25) is 14.7 Å². The van der Waals surface area contributed by atoms with E-state index < -0.39 is 36.5 Å². The number of likely N-dealkylation sites (tertiary alicyclic amines) is 1. The lowest BCUT2D eigenvalue weighted by Crippen LogP contribution is -2.43. The number of carbonyl (C=O) groups excluding carboxylic acids is 2. The van der Waals surface area contributed by atoms with E-state index in [1.54, 1.807) is 0 Å². The average molecular weight is 412 g/mol. The molecular weight excluding hydrogens is 389 g/mol. The summed E-state index contributed by atoms with van der Waals surface area (Å²) in [5.41, 5.74) is 0.341. The molecule has 1 aliphatic heterocycles. The summed E-state index contributed by atoms with van der Waals surface area (Å²) in [4.78, 5) is 33.1. The summed E-state index contributed by atoms with van der Waals surface area (Å²) in [7, 11) is 0. The van der Waals surface area contributed by atoms with Crippen LogP contribution in [-0.2, 0) is 6.42 Å². The molecule has 2 aromatic heterocycles. The van der Waals surface area contributed by atoms with Gasteiger partial charge in [0.1, 0.15) is 17.2 Å². The molecule has 3 heterocycles. The fourth-order valence-corrected chi connectivity index (χ4v) is 3.40. The van der Waals surface area contributed by atoms with Gasteiger partial charge in [-0.15, -0.1) is 0 Å². The van der Waals surface area contributed by atoms with Crippen molar-refractivity contribution in [3.05, 3.63) is 35.7 Å². The van der Waals surface area contributed by atoms with Crippen LogP contribution >= 0.6 is 0 Å². The molecule has 0 spiro atoms. The Balaban J connectivity index is 1.67. The third-order valence-corrected chi connectivity index (χ3v) is 4.84. The van der Waals surface area contributed by atoms with E-state index in [2.05, 4.69) is 25.5 Å². The molecule has 29 heavy (non-hydrogen) atoms. The Morgan fingerprint density at radius 1 is 1.34 bits per heavy atom. The number of alkyl halides is 3. The summed E-state index contributed by atoms with van der Waals surface area (Å²) in [6.07, 6.45) is -1.26. The lowest BCUT2D eigenvalue weighted by atomic mass is 10.1. The van der Waals surface area contributed by atoms with E-state index in [0.29, 0.717) is 18.2 Å². The van der Waals surface area contributed by atoms with Crippen molar-refractivity contribution in [2.45, 2.75) is 38.9 Å². The molecule has 0 radical (unpaired) electrons. The predicted molar refractivity (Wildman–Crippen MR) is 97.0 cm³/mol. The third-order valence-electron chi connectivity index (χ3n) is 4.84. The van der Waals surface area contributed by atoms with Gasteiger partial charge >= 0.3 is 6.18 Å². The number of nitrogens with zero attached hydrogens (tertiary/aromatic N) is 3. The first-order valence-electron chi connectivity index (χ1n) is 9.34. The van der Waals surface area contributed by atoms with E-state index >= 15 is 0 Å². The predicted octanol–water partition coefficient (Wildman–Crippen LogP) is 2.15. The molecule has 0 aromatic carbocycles. The lowest BCUT2D eigenvalue weighted by molar-refractivity contribution is -0.170. The van der Waals surface area contributed by atoms with Crippen LogP contribution in [-0.4, -0.2) is 62.2 Å². The number of nitrogens with one attached hydrogen (secondary N) is 3. The van der Waals surface area contributed by atoms with Gasteiger partial charge in [-0.25, -0.2) is 4.98 Å². The standard InChI is InChI=1S/C18H23F3N6O2/c1-10(2)5-15-22-8-14(25-15)16(28)23-7-12-6-11(18(19,20)21)9-27(12)17(29)13-3-4-24-26-13/h3-4,8,10-12H,5-7,9H2,1-2H3,(H,22,25)(H,23,28)(H,24,26)/t11-,12-/m0/s1. The highest BCUT2D eigenvalue weighted by Gasteiger charge is 2.49. The van der Waals surface area contributed by atoms with E-state index in [4.69, 9.17) is 0 Å². The maximum atomic E-state index is 13.2. The van der Waals surface area contributed by atoms with Gasteiger partial charge in [0, 0.05) is 25.7 Å². The number of H-pyrrole nitrogens is 2. The molecule has 158 valence electrons. The number of imidazole rings is 1. The van der Waals surface area contributed by atoms with Crippen LogP contribution in [0.4, 0.5) is 13.2 Å². The second kappa shape index (κ2) is 8.26. The van der Waals surface area contributed by atoms with Gasteiger partial charge in [0.05, 0.1) is 18.2 Å². The van der Waals surface area contributed by atoms with Gasteiger partial charge in [0.2, 0.25) is 0 Å². The number of aromatic amines is 2. The van der Waals surface area contributed by atoms with Crippen molar-refractivity contribution in [3.63, 3.8) is 0 Å². The zero-order chi connectivity index (χ0) is 21.2. The zero-order valence-electron chi connectivity index (χ0n) is 16.1. The van der Waals surface area contributed by atoms with E-state index in [0.717, 1.165) is 4.90 Å². The molecule has 0 unspecified atom stereocenters. The number of hydrogen-bond donors (Lipinski definition) is 3. The third kappa shape index (κ3) is 4.96. The summed E-state index contributed by atoms with van der Waals surface area (Å²) in [6, 6.07) is 0.624. The van der Waals surface area contributed by atoms with Crippen molar-refractivity contribution in [2.75, 3.05) is 13.1 Å². The van der Waals surface area contributed by atoms with Crippen LogP contribution in [0.1, 0.15) is 47.1 Å². The van der Waals surface area contributed by atoms with Crippen molar-refractivity contribution in [1.82, 2.24) is 30.4 Å². The number of carbonyl (C=O) groups is 2. The van der Waals surface area contributed by atoms with Gasteiger partial charge in [-0.1, -0.05) is 13.8 Å². The highest BCUT2D eigenvalue weighted by molar-refractivity contribution is 5.93. The molecule has 3 N–H and O–H groups in total. The van der Waals surface area contributed by atoms with Crippen molar-refractivity contribution in [1.29, 1.82) is 0 Å². The monoisotopic (exact) mass is 412 g/mol. The highest BCUT2D eigenvalue weighted by Crippen LogP contribution is 2.37. The molecule has 3 rings (SSSR count). The Bertz CT molecular complexity index is 846. The van der Waals surface area contributed by atoms with Crippen molar-refractivity contribution in [3.8, 4) is 0 Å². The van der Waals surface area contributed by atoms with Gasteiger partial charge < -0.3 is 15.2 Å². The number of halogens is 3. The van der Waals surface area contributed by atoms with Crippen molar-refractivity contribution >= 4 is 11.8 Å². The molecule has 2 amide bonds. The van der Waals surface area contributed by atoms with Crippen LogP contribution in [0.15, 0.2) is 18.5 Å². The SMILES string of the molecule is CC(C)Cc1ncc(C(=O)NC[C@@H]2C[C@H](C(F)(F)F)CN2C(=O)c2ccn[nH]2)[nH]1. The summed E-state index contributed by atoms with van der Waals surface area (Å²) >= 11 is 0. The first-order valence-corrected chi connectivity index (χ1v) is 9.34. The maximum Gasteiger partial charge on any atom is 0.393 e. The molecule has 0 aliphatic carbocycles. The van der Waals surface area contributed by atoms with E-state index in [1.807, 2.05) is 13.8 Å². The number of aromatic nitrogens is 4. The quantitative estimate of drug-likeness (QED) is 0.676. The Morgan fingerprint density at radius 2 is 2.10 bits per heavy atom. The Morgan fingerprint density at radius 3 is 2.72 bits per heavy atom. The minimum absolute atomic E-state index is 0.0934. The summed E-state index contributed by atoms with van der Waals surface area (Å²) in [5, 5.41) is 8.75. The summed E-state index contributed by atoms with van der Waals surface area (Å²) < 4.78 is 39.7. The first kappa shape index (κ1) is 20.9. The Hall–Kier alpha value is -2.85. The minimum Gasteiger partial charge on any atom is -0.349 e. The molecular formula is C18H23F3N6O2. The van der Waals surface area contributed by atoms with E-state index in [9.17, 15) is 22.8 Å². The lowest BCUT2D eigenvalue weighted by Gasteiger charge is -2.24. The van der Waals surface area contributed by atoms with Gasteiger partial charge in [0.15, 0.2) is 0 Å². The van der Waals surface area contributed by atoms with Gasteiger partial charge in [0.25, 0.3) is 11.8 Å². The Kier molecular flexibility index (Phi) is 5.94. The minimum atomic E-state index is -4.42. The maximum absolute atomic E-state index is 13.2. The second-order valence-corrected chi connectivity index (χ2v) is 7.61. The van der Waals surface area contributed by atoms with E-state index in [-0.39, 0.29) is 24.4 Å². The summed E-state index contributed by atoms with van der Waals surface area (Å²) in [6.45, 7) is 3.49. The average Bonchev–Trinajstić information content (AvgIpc) is 3.37. The number of rotatable bonds is 6. The van der Waals surface area contributed by atoms with Crippen LogP contribution < -0.4 is 5.32 Å². The van der Waals surface area contributed by atoms with Crippen LogP contribution in [0.2, 0.25) is 0 Å². The molecule has 2 aromatic rings. The molecule has 2 atom stereocenters. The van der Waals surface area contributed by atoms with Crippen molar-refractivity contribution < 1.29 is 22.8 Å². The van der Waals surface area contributed by atoms with Gasteiger partial charge in [-0.2, -0.15) is 18.3 Å². The van der Waals surface area contributed by atoms with Crippen LogP contribution in [0, 0.1) is 11.8 Å². The molecule has 1 fully saturated rings. The second-order valence-electron chi connectivity index (χ2n) is 7.61. The highest BCUT2D eigenvalue weighted by atomic mass is 19.4. The fraction of sp³-hybridized carbons (Fsp3) is 0.556. The smallest absolute Gasteiger partial charge is 0.349 e. The van der Waals surface area contributed by atoms with Crippen LogP contribution in [0.25, 0.3) is 0 Å². The molecule has 1 aliphatic rings. The topological polar surface area (TPSA) is 107 Å². The molecule has 1 saturated heterocycles. The zero-order valence-corrected chi connectivity index (χ0v) is 16.1. The molecule has 0 saturated carbocycles.